The third-order valence-electron chi connectivity index (χ3n) is 3.46. The Hall–Kier alpha value is -1.75. The van der Waals surface area contributed by atoms with Crippen LogP contribution in [0.2, 0.25) is 0 Å². The van der Waals surface area contributed by atoms with Crippen molar-refractivity contribution in [2.45, 2.75) is 45.6 Å². The smallest absolute Gasteiger partial charge is 0.231 e. The van der Waals surface area contributed by atoms with Gasteiger partial charge in [-0.15, -0.1) is 0 Å². The molecular weight excluding hydrogens is 252 g/mol. The van der Waals surface area contributed by atoms with Crippen molar-refractivity contribution >= 4 is 0 Å². The number of nitrogens with one attached hydrogen (secondary N) is 1. The van der Waals surface area contributed by atoms with E-state index in [9.17, 15) is 0 Å². The molecule has 0 bridgehead atoms. The maximum absolute atomic E-state index is 5.44. The van der Waals surface area contributed by atoms with Gasteiger partial charge in [0.15, 0.2) is 5.82 Å². The SMILES string of the molecule is CCNC(C)C(CC)c1nc(Cc2cccnc2)no1. The van der Waals surface area contributed by atoms with Gasteiger partial charge in [-0.25, -0.2) is 0 Å². The molecule has 2 atom stereocenters. The Morgan fingerprint density at radius 1 is 1.35 bits per heavy atom. The highest BCUT2D eigenvalue weighted by molar-refractivity contribution is 5.14. The molecule has 2 heterocycles. The average Bonchev–Trinajstić information content (AvgIpc) is 2.89. The molecule has 108 valence electrons. The van der Waals surface area contributed by atoms with Crippen LogP contribution in [0.4, 0.5) is 0 Å². The van der Waals surface area contributed by atoms with E-state index in [2.05, 4.69) is 41.2 Å². The summed E-state index contributed by atoms with van der Waals surface area (Å²) in [6, 6.07) is 4.26. The highest BCUT2D eigenvalue weighted by atomic mass is 16.5. The largest absolute Gasteiger partial charge is 0.339 e. The van der Waals surface area contributed by atoms with E-state index in [1.54, 1.807) is 6.20 Å². The monoisotopic (exact) mass is 274 g/mol. The molecule has 2 aromatic rings. The van der Waals surface area contributed by atoms with Gasteiger partial charge in [0.25, 0.3) is 0 Å². The molecular formula is C15H22N4O. The van der Waals surface area contributed by atoms with Gasteiger partial charge in [0.05, 0.1) is 5.92 Å². The van der Waals surface area contributed by atoms with E-state index in [1.807, 2.05) is 18.3 Å². The summed E-state index contributed by atoms with van der Waals surface area (Å²) in [5, 5.41) is 7.50. The molecule has 20 heavy (non-hydrogen) atoms. The van der Waals surface area contributed by atoms with Gasteiger partial charge in [-0.05, 0) is 31.5 Å². The average molecular weight is 274 g/mol. The van der Waals surface area contributed by atoms with Crippen LogP contribution in [0.15, 0.2) is 29.0 Å². The van der Waals surface area contributed by atoms with Crippen molar-refractivity contribution < 1.29 is 4.52 Å². The summed E-state index contributed by atoms with van der Waals surface area (Å²) < 4.78 is 5.44. The zero-order chi connectivity index (χ0) is 14.4. The third-order valence-corrected chi connectivity index (χ3v) is 3.46. The first kappa shape index (κ1) is 14.7. The number of nitrogens with zero attached hydrogens (tertiary/aromatic N) is 3. The molecule has 0 fully saturated rings. The second-order valence-electron chi connectivity index (χ2n) is 4.95. The normalized spacial score (nSPS) is 14.2. The summed E-state index contributed by atoms with van der Waals surface area (Å²) in [6.07, 6.45) is 5.22. The molecule has 5 heteroatoms. The zero-order valence-corrected chi connectivity index (χ0v) is 12.3. The minimum Gasteiger partial charge on any atom is -0.339 e. The number of likely N-dealkylation sites (N-methyl/N-ethyl adjacent to an activating group) is 1. The maximum atomic E-state index is 5.44. The lowest BCUT2D eigenvalue weighted by atomic mass is 9.98. The lowest BCUT2D eigenvalue weighted by molar-refractivity contribution is 0.316. The van der Waals surface area contributed by atoms with Gasteiger partial charge in [-0.3, -0.25) is 4.98 Å². The van der Waals surface area contributed by atoms with E-state index < -0.39 is 0 Å². The van der Waals surface area contributed by atoms with Gasteiger partial charge < -0.3 is 9.84 Å². The first-order valence-electron chi connectivity index (χ1n) is 7.19. The Kier molecular flexibility index (Phi) is 5.24. The number of rotatable bonds is 7. The first-order valence-corrected chi connectivity index (χ1v) is 7.19. The number of aromatic nitrogens is 3. The van der Waals surface area contributed by atoms with Crippen LogP contribution in [0.25, 0.3) is 0 Å². The maximum Gasteiger partial charge on any atom is 0.231 e. The van der Waals surface area contributed by atoms with Crippen LogP contribution in [-0.2, 0) is 6.42 Å². The first-order chi connectivity index (χ1) is 9.74. The molecule has 2 rings (SSSR count). The highest BCUT2D eigenvalue weighted by Crippen LogP contribution is 2.22. The van der Waals surface area contributed by atoms with Crippen molar-refractivity contribution in [2.24, 2.45) is 0 Å². The predicted octanol–water partition coefficient (Wildman–Crippen LogP) is 2.55. The fraction of sp³-hybridized carbons (Fsp3) is 0.533. The van der Waals surface area contributed by atoms with Crippen LogP contribution in [0.5, 0.6) is 0 Å². The van der Waals surface area contributed by atoms with Crippen molar-refractivity contribution in [3.8, 4) is 0 Å². The Morgan fingerprint density at radius 2 is 2.20 bits per heavy atom. The van der Waals surface area contributed by atoms with E-state index in [-0.39, 0.29) is 5.92 Å². The fourth-order valence-electron chi connectivity index (χ4n) is 2.38. The third kappa shape index (κ3) is 3.63. The number of hydrogen-bond acceptors (Lipinski definition) is 5. The highest BCUT2D eigenvalue weighted by Gasteiger charge is 2.23. The van der Waals surface area contributed by atoms with Crippen LogP contribution in [0.3, 0.4) is 0 Å². The van der Waals surface area contributed by atoms with Crippen molar-refractivity contribution in [1.82, 2.24) is 20.4 Å². The number of hydrogen-bond donors (Lipinski definition) is 1. The van der Waals surface area contributed by atoms with Crippen molar-refractivity contribution in [1.29, 1.82) is 0 Å². The predicted molar refractivity (Wildman–Crippen MR) is 77.5 cm³/mol. The van der Waals surface area contributed by atoms with E-state index in [4.69, 9.17) is 4.52 Å². The lowest BCUT2D eigenvalue weighted by Crippen LogP contribution is -2.31. The minimum absolute atomic E-state index is 0.255. The molecule has 0 aromatic carbocycles. The van der Waals surface area contributed by atoms with Crippen LogP contribution < -0.4 is 5.32 Å². The Labute approximate surface area is 119 Å². The summed E-state index contributed by atoms with van der Waals surface area (Å²) in [7, 11) is 0. The van der Waals surface area contributed by atoms with Gasteiger partial charge in [-0.1, -0.05) is 25.1 Å². The summed E-state index contributed by atoms with van der Waals surface area (Å²) >= 11 is 0. The zero-order valence-electron chi connectivity index (χ0n) is 12.3. The minimum atomic E-state index is 0.255. The summed E-state index contributed by atoms with van der Waals surface area (Å²) in [6.45, 7) is 7.34. The van der Waals surface area contributed by atoms with Crippen LogP contribution >= 0.6 is 0 Å². The quantitative estimate of drug-likeness (QED) is 0.840. The van der Waals surface area contributed by atoms with Crippen molar-refractivity contribution in [3.63, 3.8) is 0 Å². The van der Waals surface area contributed by atoms with E-state index in [0.717, 1.165) is 30.2 Å². The van der Waals surface area contributed by atoms with E-state index >= 15 is 0 Å². The molecule has 0 aliphatic heterocycles. The van der Waals surface area contributed by atoms with Crippen molar-refractivity contribution in [2.75, 3.05) is 6.54 Å². The lowest BCUT2D eigenvalue weighted by Gasteiger charge is -2.19. The topological polar surface area (TPSA) is 63.8 Å². The molecule has 2 aromatic heterocycles. The fourth-order valence-corrected chi connectivity index (χ4v) is 2.38. The number of pyridine rings is 1. The van der Waals surface area contributed by atoms with Gasteiger partial charge in [0.2, 0.25) is 5.89 Å². The second kappa shape index (κ2) is 7.14. The van der Waals surface area contributed by atoms with Crippen LogP contribution in [0.1, 0.15) is 50.4 Å². The molecule has 0 saturated carbocycles. The Balaban J connectivity index is 2.07. The van der Waals surface area contributed by atoms with Crippen LogP contribution in [0, 0.1) is 0 Å². The van der Waals surface area contributed by atoms with Gasteiger partial charge >= 0.3 is 0 Å². The molecule has 5 nitrogen and oxygen atoms in total. The molecule has 1 N–H and O–H groups in total. The molecule has 0 amide bonds. The van der Waals surface area contributed by atoms with E-state index in [0.29, 0.717) is 12.5 Å². The standard InChI is InChI=1S/C15H22N4O/c1-4-13(11(3)17-5-2)15-18-14(19-20-15)9-12-7-6-8-16-10-12/h6-8,10-11,13,17H,4-5,9H2,1-3H3. The van der Waals surface area contributed by atoms with E-state index in [1.165, 1.54) is 0 Å². The second-order valence-corrected chi connectivity index (χ2v) is 4.95. The van der Waals surface area contributed by atoms with Crippen molar-refractivity contribution in [3.05, 3.63) is 41.8 Å². The van der Waals surface area contributed by atoms with Gasteiger partial charge in [0.1, 0.15) is 0 Å². The van der Waals surface area contributed by atoms with Gasteiger partial charge in [0, 0.05) is 24.9 Å². The molecule has 0 spiro atoms. The molecule has 0 radical (unpaired) electrons. The molecule has 0 aliphatic carbocycles. The Morgan fingerprint density at radius 3 is 2.85 bits per heavy atom. The summed E-state index contributed by atoms with van der Waals surface area (Å²) in [5.41, 5.74) is 1.09. The van der Waals surface area contributed by atoms with Crippen LogP contribution in [-0.4, -0.2) is 27.7 Å². The summed E-state index contributed by atoms with van der Waals surface area (Å²) in [5.74, 6) is 1.69. The molecule has 0 saturated heterocycles. The Bertz CT molecular complexity index is 512. The van der Waals surface area contributed by atoms with Gasteiger partial charge in [-0.2, -0.15) is 4.98 Å². The molecule has 0 aliphatic rings. The molecule has 2 unspecified atom stereocenters. The summed E-state index contributed by atoms with van der Waals surface area (Å²) in [4.78, 5) is 8.63.